The summed E-state index contributed by atoms with van der Waals surface area (Å²) in [7, 11) is 1.79. The van der Waals surface area contributed by atoms with Crippen molar-refractivity contribution in [2.45, 2.75) is 31.4 Å². The van der Waals surface area contributed by atoms with E-state index in [2.05, 4.69) is 27.8 Å². The Kier molecular flexibility index (Phi) is 2.76. The van der Waals surface area contributed by atoms with Crippen LogP contribution >= 0.6 is 12.2 Å². The number of aromatic nitrogens is 2. The minimum Gasteiger partial charge on any atom is -0.379 e. The van der Waals surface area contributed by atoms with Gasteiger partial charge < -0.3 is 14.3 Å². The van der Waals surface area contributed by atoms with Gasteiger partial charge in [-0.05, 0) is 43.6 Å². The molecule has 2 atom stereocenters. The lowest BCUT2D eigenvalue weighted by Crippen LogP contribution is -2.20. The monoisotopic (exact) mass is 248 g/mol. The van der Waals surface area contributed by atoms with Gasteiger partial charge in [-0.25, -0.2) is 0 Å². The highest BCUT2D eigenvalue weighted by molar-refractivity contribution is 7.71. The molecule has 0 bridgehead atoms. The third-order valence-electron chi connectivity index (χ3n) is 3.68. The zero-order chi connectivity index (χ0) is 11.8. The van der Waals surface area contributed by atoms with Gasteiger partial charge in [-0.15, -0.1) is 0 Å². The number of fused-ring (bicyclic) bond motifs is 1. The van der Waals surface area contributed by atoms with E-state index in [4.69, 9.17) is 17.0 Å². The molecule has 90 valence electrons. The Balaban J connectivity index is 2.16. The van der Waals surface area contributed by atoms with Crippen molar-refractivity contribution in [2.24, 2.45) is 0 Å². The number of rotatable bonds is 2. The summed E-state index contributed by atoms with van der Waals surface area (Å²) in [5, 5.41) is 0. The molecule has 2 unspecified atom stereocenters. The first kappa shape index (κ1) is 11.0. The van der Waals surface area contributed by atoms with Gasteiger partial charge in [0.15, 0.2) is 4.77 Å². The summed E-state index contributed by atoms with van der Waals surface area (Å²) in [5.74, 6) is 0. The molecule has 3 rings (SSSR count). The van der Waals surface area contributed by atoms with Crippen molar-refractivity contribution in [3.8, 4) is 0 Å². The smallest absolute Gasteiger partial charge is 0.178 e. The zero-order valence-electron chi connectivity index (χ0n) is 9.85. The minimum absolute atomic E-state index is 0.293. The molecule has 1 heterocycles. The number of ether oxygens (including phenoxy) is 1. The van der Waals surface area contributed by atoms with Gasteiger partial charge in [0.2, 0.25) is 0 Å². The maximum Gasteiger partial charge on any atom is 0.178 e. The molecular formula is C13H16N2OS. The fourth-order valence-corrected chi connectivity index (χ4v) is 3.22. The van der Waals surface area contributed by atoms with Crippen molar-refractivity contribution >= 4 is 23.3 Å². The van der Waals surface area contributed by atoms with Crippen LogP contribution in [-0.2, 0) is 4.74 Å². The second kappa shape index (κ2) is 4.27. The standard InChI is InChI=1S/C13H16N2OS/c1-16-12-8-4-7-11(12)15-10-6-3-2-5-9(10)14-13(15)17/h2-3,5-6,11-12H,4,7-8H2,1H3,(H,14,17). The first-order valence-electron chi connectivity index (χ1n) is 6.03. The maximum absolute atomic E-state index is 5.57. The molecule has 1 aromatic carbocycles. The van der Waals surface area contributed by atoms with Crippen LogP contribution in [-0.4, -0.2) is 22.8 Å². The molecule has 1 aliphatic carbocycles. The Morgan fingerprint density at radius 3 is 3.00 bits per heavy atom. The number of aromatic amines is 1. The normalized spacial score (nSPS) is 24.5. The van der Waals surface area contributed by atoms with Gasteiger partial charge >= 0.3 is 0 Å². The van der Waals surface area contributed by atoms with E-state index in [1.54, 1.807) is 7.11 Å². The number of para-hydroxylation sites is 2. The number of benzene rings is 1. The van der Waals surface area contributed by atoms with E-state index in [1.807, 2.05) is 6.07 Å². The number of nitrogens with zero attached hydrogens (tertiary/aromatic N) is 1. The Morgan fingerprint density at radius 2 is 2.18 bits per heavy atom. The Hall–Kier alpha value is -1.13. The highest BCUT2D eigenvalue weighted by Gasteiger charge is 2.30. The summed E-state index contributed by atoms with van der Waals surface area (Å²) in [6, 6.07) is 8.65. The average Bonchev–Trinajstić information content (AvgIpc) is 2.90. The van der Waals surface area contributed by atoms with Gasteiger partial charge in [0.05, 0.1) is 23.2 Å². The lowest BCUT2D eigenvalue weighted by molar-refractivity contribution is 0.0758. The predicted octanol–water partition coefficient (Wildman–Crippen LogP) is 3.44. The minimum atomic E-state index is 0.293. The van der Waals surface area contributed by atoms with Crippen LogP contribution in [0.15, 0.2) is 24.3 Å². The van der Waals surface area contributed by atoms with Gasteiger partial charge in [0, 0.05) is 7.11 Å². The van der Waals surface area contributed by atoms with E-state index in [9.17, 15) is 0 Å². The van der Waals surface area contributed by atoms with Crippen molar-refractivity contribution in [1.82, 2.24) is 9.55 Å². The third-order valence-corrected chi connectivity index (χ3v) is 3.97. The summed E-state index contributed by atoms with van der Waals surface area (Å²) in [6.45, 7) is 0. The Labute approximate surface area is 105 Å². The van der Waals surface area contributed by atoms with E-state index in [0.29, 0.717) is 12.1 Å². The molecule has 0 spiro atoms. The van der Waals surface area contributed by atoms with Crippen molar-refractivity contribution < 1.29 is 4.74 Å². The number of methoxy groups -OCH3 is 1. The van der Waals surface area contributed by atoms with Crippen LogP contribution in [0.4, 0.5) is 0 Å². The largest absolute Gasteiger partial charge is 0.379 e. The fourth-order valence-electron chi connectivity index (χ4n) is 2.88. The van der Waals surface area contributed by atoms with E-state index < -0.39 is 0 Å². The quantitative estimate of drug-likeness (QED) is 0.825. The van der Waals surface area contributed by atoms with Crippen LogP contribution in [0.25, 0.3) is 11.0 Å². The van der Waals surface area contributed by atoms with Crippen molar-refractivity contribution in [3.05, 3.63) is 29.0 Å². The second-order valence-corrected chi connectivity index (χ2v) is 4.98. The SMILES string of the molecule is COC1CCCC1n1c(=S)[nH]c2ccccc21. The van der Waals surface area contributed by atoms with Gasteiger partial charge in [-0.2, -0.15) is 0 Å². The molecule has 1 aliphatic rings. The summed E-state index contributed by atoms with van der Waals surface area (Å²) >= 11 is 5.44. The molecule has 3 nitrogen and oxygen atoms in total. The van der Waals surface area contributed by atoms with Crippen LogP contribution in [0.3, 0.4) is 0 Å². The number of hydrogen-bond acceptors (Lipinski definition) is 2. The van der Waals surface area contributed by atoms with Crippen LogP contribution < -0.4 is 0 Å². The molecule has 2 aromatic rings. The Bertz CT molecular complexity index is 586. The molecule has 17 heavy (non-hydrogen) atoms. The summed E-state index contributed by atoms with van der Waals surface area (Å²) in [6.07, 6.45) is 3.78. The third kappa shape index (κ3) is 1.72. The average molecular weight is 248 g/mol. The van der Waals surface area contributed by atoms with Gasteiger partial charge in [-0.3, -0.25) is 0 Å². The van der Waals surface area contributed by atoms with E-state index in [1.165, 1.54) is 11.9 Å². The molecule has 0 saturated heterocycles. The predicted molar refractivity (Wildman–Crippen MR) is 70.8 cm³/mol. The topological polar surface area (TPSA) is 29.9 Å². The number of nitrogens with one attached hydrogen (secondary N) is 1. The van der Waals surface area contributed by atoms with Crippen molar-refractivity contribution in [2.75, 3.05) is 7.11 Å². The first-order chi connectivity index (χ1) is 8.31. The molecule has 1 fully saturated rings. The lowest BCUT2D eigenvalue weighted by Gasteiger charge is -2.20. The number of imidazole rings is 1. The molecular weight excluding hydrogens is 232 g/mol. The van der Waals surface area contributed by atoms with Crippen LogP contribution in [0.5, 0.6) is 0 Å². The summed E-state index contributed by atoms with van der Waals surface area (Å²) in [5.41, 5.74) is 2.30. The maximum atomic E-state index is 5.57. The van der Waals surface area contributed by atoms with Gasteiger partial charge in [0.1, 0.15) is 0 Å². The molecule has 1 saturated carbocycles. The molecule has 1 aromatic heterocycles. The molecule has 1 N–H and O–H groups in total. The Morgan fingerprint density at radius 1 is 1.35 bits per heavy atom. The van der Waals surface area contributed by atoms with Crippen LogP contribution in [0.2, 0.25) is 0 Å². The second-order valence-electron chi connectivity index (χ2n) is 4.59. The van der Waals surface area contributed by atoms with Gasteiger partial charge in [-0.1, -0.05) is 12.1 Å². The molecule has 4 heteroatoms. The van der Waals surface area contributed by atoms with Crippen molar-refractivity contribution in [3.63, 3.8) is 0 Å². The molecule has 0 amide bonds. The van der Waals surface area contributed by atoms with E-state index in [-0.39, 0.29) is 0 Å². The van der Waals surface area contributed by atoms with E-state index in [0.717, 1.165) is 23.1 Å². The lowest BCUT2D eigenvalue weighted by atomic mass is 10.2. The summed E-state index contributed by atoms with van der Waals surface area (Å²) < 4.78 is 8.60. The molecule has 0 radical (unpaired) electrons. The summed E-state index contributed by atoms with van der Waals surface area (Å²) in [4.78, 5) is 3.27. The first-order valence-corrected chi connectivity index (χ1v) is 6.44. The van der Waals surface area contributed by atoms with E-state index >= 15 is 0 Å². The van der Waals surface area contributed by atoms with Crippen molar-refractivity contribution in [1.29, 1.82) is 0 Å². The fraction of sp³-hybridized carbons (Fsp3) is 0.462. The highest BCUT2D eigenvalue weighted by Crippen LogP contribution is 2.34. The van der Waals surface area contributed by atoms with Crippen LogP contribution in [0.1, 0.15) is 25.3 Å². The molecule has 0 aliphatic heterocycles. The highest BCUT2D eigenvalue weighted by atomic mass is 32.1. The van der Waals surface area contributed by atoms with Crippen LogP contribution in [0, 0.1) is 4.77 Å². The zero-order valence-corrected chi connectivity index (χ0v) is 10.7. The van der Waals surface area contributed by atoms with Gasteiger partial charge in [0.25, 0.3) is 0 Å². The number of hydrogen-bond donors (Lipinski definition) is 1. The number of H-pyrrole nitrogens is 1.